The molecule has 0 atom stereocenters. The fourth-order valence-corrected chi connectivity index (χ4v) is 9.54. The Morgan fingerprint density at radius 1 is 0.321 bits per heavy atom. The first-order valence-corrected chi connectivity index (χ1v) is 19.1. The van der Waals surface area contributed by atoms with Crippen LogP contribution in [0, 0.1) is 0 Å². The van der Waals surface area contributed by atoms with Crippen molar-refractivity contribution >= 4 is 21.8 Å². The van der Waals surface area contributed by atoms with E-state index in [9.17, 15) is 0 Å². The third-order valence-corrected chi connectivity index (χ3v) is 11.9. The molecule has 2 aliphatic rings. The van der Waals surface area contributed by atoms with Crippen molar-refractivity contribution in [2.24, 2.45) is 0 Å². The van der Waals surface area contributed by atoms with Crippen molar-refractivity contribution in [3.05, 3.63) is 216 Å². The van der Waals surface area contributed by atoms with Gasteiger partial charge in [0.2, 0.25) is 5.95 Å². The zero-order valence-electron chi connectivity index (χ0n) is 30.3. The molecule has 0 aliphatic heterocycles. The van der Waals surface area contributed by atoms with Gasteiger partial charge < -0.3 is 0 Å². The monoisotopic (exact) mass is 712 g/mol. The third kappa shape index (κ3) is 4.27. The first kappa shape index (κ1) is 31.0. The topological polar surface area (TPSA) is 43.6 Å². The van der Waals surface area contributed by atoms with Gasteiger partial charge in [-0.3, -0.25) is 4.57 Å². The first-order valence-electron chi connectivity index (χ1n) is 19.1. The predicted octanol–water partition coefficient (Wildman–Crippen LogP) is 12.3. The quantitative estimate of drug-likeness (QED) is 0.182. The molecule has 0 radical (unpaired) electrons. The smallest absolute Gasteiger partial charge is 0.238 e. The van der Waals surface area contributed by atoms with Crippen LogP contribution in [-0.4, -0.2) is 19.5 Å². The van der Waals surface area contributed by atoms with Gasteiger partial charge in [-0.05, 0) is 73.8 Å². The Balaban J connectivity index is 1.10. The summed E-state index contributed by atoms with van der Waals surface area (Å²) in [6.45, 7) is 0. The van der Waals surface area contributed by atoms with Gasteiger partial charge in [0.25, 0.3) is 0 Å². The summed E-state index contributed by atoms with van der Waals surface area (Å²) in [5.74, 6) is 1.86. The van der Waals surface area contributed by atoms with E-state index in [0.717, 1.165) is 38.5 Å². The minimum Gasteiger partial charge on any atom is -0.278 e. The predicted molar refractivity (Wildman–Crippen MR) is 227 cm³/mol. The van der Waals surface area contributed by atoms with E-state index in [-0.39, 0.29) is 0 Å². The Hall–Kier alpha value is -7.43. The lowest BCUT2D eigenvalue weighted by Crippen LogP contribution is -2.25. The largest absolute Gasteiger partial charge is 0.278 e. The van der Waals surface area contributed by atoms with Crippen molar-refractivity contribution in [1.82, 2.24) is 19.5 Å². The van der Waals surface area contributed by atoms with Crippen LogP contribution in [0.2, 0.25) is 0 Å². The lowest BCUT2D eigenvalue weighted by molar-refractivity contribution is 0.794. The average molecular weight is 713 g/mol. The molecule has 2 aromatic heterocycles. The van der Waals surface area contributed by atoms with Crippen LogP contribution in [-0.2, 0) is 5.41 Å². The van der Waals surface area contributed by atoms with Crippen molar-refractivity contribution in [2.45, 2.75) is 5.41 Å². The Kier molecular flexibility index (Phi) is 6.52. The van der Waals surface area contributed by atoms with Crippen molar-refractivity contribution in [1.29, 1.82) is 0 Å². The highest BCUT2D eigenvalue weighted by Gasteiger charge is 2.51. The number of fused-ring (bicyclic) bond motifs is 13. The fourth-order valence-electron chi connectivity index (χ4n) is 9.54. The van der Waals surface area contributed by atoms with E-state index in [2.05, 4.69) is 162 Å². The molecule has 0 unspecified atom stereocenters. The standard InChI is InChI=1S/C52H32N4/c1-3-15-33(16-4-1)49-53-50(34-17-5-2-6-18-34)55-51(54-49)56-47-26-14-10-22-41(47)42-30-28-36(32-48(42)56)35-27-29-40-39-21-9-13-25-45(39)52(46(40)31-35)43-23-11-7-19-37(43)38-20-8-12-24-44(38)52/h1-32H. The van der Waals surface area contributed by atoms with E-state index in [1.807, 2.05) is 36.4 Å². The molecule has 0 bridgehead atoms. The molecular formula is C52H32N4. The highest BCUT2D eigenvalue weighted by molar-refractivity contribution is 6.10. The van der Waals surface area contributed by atoms with E-state index < -0.39 is 5.41 Å². The van der Waals surface area contributed by atoms with Gasteiger partial charge in [0.15, 0.2) is 11.6 Å². The Morgan fingerprint density at radius 3 is 1.39 bits per heavy atom. The van der Waals surface area contributed by atoms with Crippen LogP contribution >= 0.6 is 0 Å². The summed E-state index contributed by atoms with van der Waals surface area (Å²) in [4.78, 5) is 15.3. The third-order valence-electron chi connectivity index (χ3n) is 11.9. The molecule has 0 saturated carbocycles. The summed E-state index contributed by atoms with van der Waals surface area (Å²) in [5, 5.41) is 2.30. The van der Waals surface area contributed by atoms with Crippen LogP contribution in [0.5, 0.6) is 0 Å². The summed E-state index contributed by atoms with van der Waals surface area (Å²) in [6.07, 6.45) is 0. The minimum atomic E-state index is -0.402. The number of nitrogens with zero attached hydrogens (tertiary/aromatic N) is 4. The summed E-state index contributed by atoms with van der Waals surface area (Å²) < 4.78 is 2.21. The molecule has 12 rings (SSSR count). The van der Waals surface area contributed by atoms with Gasteiger partial charge >= 0.3 is 0 Å². The van der Waals surface area contributed by atoms with Gasteiger partial charge in [0, 0.05) is 21.9 Å². The number of hydrogen-bond acceptors (Lipinski definition) is 3. The van der Waals surface area contributed by atoms with Crippen LogP contribution < -0.4 is 0 Å². The lowest BCUT2D eigenvalue weighted by atomic mass is 9.70. The molecular weight excluding hydrogens is 681 g/mol. The van der Waals surface area contributed by atoms with Crippen LogP contribution in [0.3, 0.4) is 0 Å². The second kappa shape index (κ2) is 11.8. The first-order chi connectivity index (χ1) is 27.8. The number of benzene rings is 8. The van der Waals surface area contributed by atoms with Crippen molar-refractivity contribution in [2.75, 3.05) is 0 Å². The Morgan fingerprint density at radius 2 is 0.786 bits per heavy atom. The maximum atomic E-state index is 5.18. The zero-order chi connectivity index (χ0) is 36.8. The maximum absolute atomic E-state index is 5.18. The molecule has 2 heterocycles. The van der Waals surface area contributed by atoms with Crippen LogP contribution in [0.15, 0.2) is 194 Å². The fraction of sp³-hybridized carbons (Fsp3) is 0.0192. The lowest BCUT2D eigenvalue weighted by Gasteiger charge is -2.30. The summed E-state index contributed by atoms with van der Waals surface area (Å²) in [5.41, 5.74) is 16.5. The Labute approximate surface area is 324 Å². The van der Waals surface area contributed by atoms with Gasteiger partial charge in [0.1, 0.15) is 0 Å². The minimum absolute atomic E-state index is 0.402. The zero-order valence-corrected chi connectivity index (χ0v) is 30.3. The highest BCUT2D eigenvalue weighted by Crippen LogP contribution is 2.63. The molecule has 0 N–H and O–H groups in total. The van der Waals surface area contributed by atoms with Gasteiger partial charge in [-0.2, -0.15) is 9.97 Å². The van der Waals surface area contributed by atoms with Gasteiger partial charge in [0.05, 0.1) is 16.4 Å². The van der Waals surface area contributed by atoms with Crippen LogP contribution in [0.4, 0.5) is 0 Å². The van der Waals surface area contributed by atoms with E-state index in [1.165, 1.54) is 50.1 Å². The average Bonchev–Trinajstić information content (AvgIpc) is 3.88. The molecule has 2 aliphatic carbocycles. The Bertz CT molecular complexity index is 3080. The molecule has 0 fully saturated rings. The van der Waals surface area contributed by atoms with E-state index in [1.54, 1.807) is 0 Å². The summed E-state index contributed by atoms with van der Waals surface area (Å²) >= 11 is 0. The molecule has 4 heteroatoms. The molecule has 10 aromatic rings. The molecule has 1 spiro atoms. The van der Waals surface area contributed by atoms with E-state index in [0.29, 0.717) is 17.6 Å². The summed E-state index contributed by atoms with van der Waals surface area (Å²) in [7, 11) is 0. The van der Waals surface area contributed by atoms with Gasteiger partial charge in [-0.1, -0.05) is 176 Å². The van der Waals surface area contributed by atoms with E-state index >= 15 is 0 Å². The molecule has 260 valence electrons. The van der Waals surface area contributed by atoms with Crippen LogP contribution in [0.1, 0.15) is 22.3 Å². The van der Waals surface area contributed by atoms with Crippen molar-refractivity contribution < 1.29 is 0 Å². The van der Waals surface area contributed by atoms with E-state index in [4.69, 9.17) is 15.0 Å². The number of aromatic nitrogens is 4. The molecule has 0 amide bonds. The van der Waals surface area contributed by atoms with Gasteiger partial charge in [-0.25, -0.2) is 4.98 Å². The van der Waals surface area contributed by atoms with Gasteiger partial charge in [-0.15, -0.1) is 0 Å². The molecule has 8 aromatic carbocycles. The highest BCUT2D eigenvalue weighted by atomic mass is 15.2. The van der Waals surface area contributed by atoms with Crippen LogP contribution in [0.25, 0.3) is 83.9 Å². The molecule has 0 saturated heterocycles. The SMILES string of the molecule is c1ccc(-c2nc(-c3ccccc3)nc(-n3c4ccccc4c4ccc(-c5ccc6c(c5)C5(c7ccccc7-c7ccccc75)c5ccccc5-6)cc43)n2)cc1. The normalized spacial score (nSPS) is 13.1. The molecule has 56 heavy (non-hydrogen) atoms. The molecule has 4 nitrogen and oxygen atoms in total. The number of para-hydroxylation sites is 1. The second-order valence-electron chi connectivity index (χ2n) is 14.7. The van der Waals surface area contributed by atoms with Crippen molar-refractivity contribution in [3.8, 4) is 62.1 Å². The number of rotatable bonds is 4. The summed E-state index contributed by atoms with van der Waals surface area (Å²) in [6, 6.07) is 69.8. The van der Waals surface area contributed by atoms with Crippen molar-refractivity contribution in [3.63, 3.8) is 0 Å². The second-order valence-corrected chi connectivity index (χ2v) is 14.7. The number of hydrogen-bond donors (Lipinski definition) is 0. The maximum Gasteiger partial charge on any atom is 0.238 e.